The molecule has 0 aromatic heterocycles. The van der Waals surface area contributed by atoms with Crippen molar-refractivity contribution in [2.45, 2.75) is 44.6 Å². The lowest BCUT2D eigenvalue weighted by Crippen LogP contribution is -2.34. The number of hydrogen-bond donors (Lipinski definition) is 1. The van der Waals surface area contributed by atoms with Crippen LogP contribution in [0.1, 0.15) is 44.6 Å². The van der Waals surface area contributed by atoms with Gasteiger partial charge in [-0.1, -0.05) is 43.7 Å². The summed E-state index contributed by atoms with van der Waals surface area (Å²) in [4.78, 5) is 11.7. The molecular weight excluding hydrogens is 198 g/mol. The molecule has 86 valence electrons. The minimum absolute atomic E-state index is 0.0356. The van der Waals surface area contributed by atoms with Crippen LogP contribution >= 0.6 is 0 Å². The first-order valence-corrected chi connectivity index (χ1v) is 6.13. The summed E-state index contributed by atoms with van der Waals surface area (Å²) in [6.45, 7) is 2.11. The van der Waals surface area contributed by atoms with Gasteiger partial charge in [0.2, 0.25) is 5.91 Å². The number of unbranched alkanes of at least 4 members (excludes halogenated alkanes) is 1. The summed E-state index contributed by atoms with van der Waals surface area (Å²) < 4.78 is 0. The van der Waals surface area contributed by atoms with E-state index in [0.29, 0.717) is 6.42 Å². The maximum atomic E-state index is 11.7. The van der Waals surface area contributed by atoms with E-state index in [9.17, 15) is 4.79 Å². The molecular formula is C14H19NO. The molecule has 0 atom stereocenters. The molecule has 1 N–H and O–H groups in total. The molecule has 1 saturated carbocycles. The maximum Gasteiger partial charge on any atom is 0.220 e. The molecule has 1 amide bonds. The molecule has 16 heavy (non-hydrogen) atoms. The van der Waals surface area contributed by atoms with E-state index in [1.54, 1.807) is 0 Å². The van der Waals surface area contributed by atoms with Crippen molar-refractivity contribution < 1.29 is 4.79 Å². The number of carbonyl (C=O) groups is 1. The average molecular weight is 217 g/mol. The lowest BCUT2D eigenvalue weighted by atomic mass is 10.0. The topological polar surface area (TPSA) is 29.1 Å². The lowest BCUT2D eigenvalue weighted by molar-refractivity contribution is -0.122. The molecule has 0 spiro atoms. The van der Waals surface area contributed by atoms with Crippen molar-refractivity contribution in [2.24, 2.45) is 0 Å². The Morgan fingerprint density at radius 1 is 1.31 bits per heavy atom. The van der Waals surface area contributed by atoms with Crippen LogP contribution < -0.4 is 5.32 Å². The SMILES string of the molecule is CCCCC(=O)NC1(c2ccccc2)CC1. The molecule has 2 heteroatoms. The van der Waals surface area contributed by atoms with Gasteiger partial charge in [0.05, 0.1) is 5.54 Å². The first-order chi connectivity index (χ1) is 7.77. The van der Waals surface area contributed by atoms with Crippen molar-refractivity contribution in [3.63, 3.8) is 0 Å². The minimum atomic E-state index is -0.0356. The predicted octanol–water partition coefficient (Wildman–Crippen LogP) is 2.98. The van der Waals surface area contributed by atoms with E-state index >= 15 is 0 Å². The van der Waals surface area contributed by atoms with Gasteiger partial charge in [0.25, 0.3) is 0 Å². The van der Waals surface area contributed by atoms with Crippen molar-refractivity contribution in [3.05, 3.63) is 35.9 Å². The summed E-state index contributed by atoms with van der Waals surface area (Å²) in [5, 5.41) is 3.18. The van der Waals surface area contributed by atoms with Crippen LogP contribution in [0.5, 0.6) is 0 Å². The van der Waals surface area contributed by atoms with E-state index < -0.39 is 0 Å². The molecule has 1 aliphatic carbocycles. The van der Waals surface area contributed by atoms with Crippen molar-refractivity contribution in [2.75, 3.05) is 0 Å². The Kier molecular flexibility index (Phi) is 3.28. The number of amides is 1. The average Bonchev–Trinajstić information content (AvgIpc) is 3.09. The van der Waals surface area contributed by atoms with Gasteiger partial charge in [-0.2, -0.15) is 0 Å². The highest BCUT2D eigenvalue weighted by Gasteiger charge is 2.45. The second kappa shape index (κ2) is 4.69. The molecule has 0 aliphatic heterocycles. The summed E-state index contributed by atoms with van der Waals surface area (Å²) in [7, 11) is 0. The van der Waals surface area contributed by atoms with E-state index in [2.05, 4.69) is 24.4 Å². The number of hydrogen-bond acceptors (Lipinski definition) is 1. The first kappa shape index (κ1) is 11.2. The third-order valence-corrected chi connectivity index (χ3v) is 3.21. The van der Waals surface area contributed by atoms with Crippen molar-refractivity contribution >= 4 is 5.91 Å². The number of benzene rings is 1. The zero-order chi connectivity index (χ0) is 11.4. The second-order valence-corrected chi connectivity index (χ2v) is 4.60. The Morgan fingerprint density at radius 3 is 2.56 bits per heavy atom. The first-order valence-electron chi connectivity index (χ1n) is 6.13. The normalized spacial score (nSPS) is 16.8. The van der Waals surface area contributed by atoms with Crippen LogP contribution in [0.3, 0.4) is 0 Å². The van der Waals surface area contributed by atoms with Gasteiger partial charge in [0, 0.05) is 6.42 Å². The Bertz CT molecular complexity index is 354. The van der Waals surface area contributed by atoms with E-state index in [1.807, 2.05) is 18.2 Å². The predicted molar refractivity (Wildman–Crippen MR) is 65.0 cm³/mol. The molecule has 0 saturated heterocycles. The van der Waals surface area contributed by atoms with Crippen LogP contribution in [-0.4, -0.2) is 5.91 Å². The van der Waals surface area contributed by atoms with E-state index in [-0.39, 0.29) is 11.4 Å². The van der Waals surface area contributed by atoms with E-state index in [0.717, 1.165) is 25.7 Å². The van der Waals surface area contributed by atoms with Crippen molar-refractivity contribution in [1.82, 2.24) is 5.32 Å². The molecule has 1 aromatic rings. The molecule has 1 aromatic carbocycles. The highest BCUT2D eigenvalue weighted by Crippen LogP contribution is 2.45. The summed E-state index contributed by atoms with van der Waals surface area (Å²) >= 11 is 0. The van der Waals surface area contributed by atoms with Crippen LogP contribution in [0.15, 0.2) is 30.3 Å². The standard InChI is InChI=1S/C14H19NO/c1-2-3-9-13(16)15-14(10-11-14)12-7-5-4-6-8-12/h4-8H,2-3,9-11H2,1H3,(H,15,16). The van der Waals surface area contributed by atoms with E-state index in [1.165, 1.54) is 5.56 Å². The fraction of sp³-hybridized carbons (Fsp3) is 0.500. The molecule has 0 unspecified atom stereocenters. The molecule has 2 nitrogen and oxygen atoms in total. The van der Waals surface area contributed by atoms with Crippen LogP contribution in [0, 0.1) is 0 Å². The zero-order valence-electron chi connectivity index (χ0n) is 9.83. The molecule has 1 fully saturated rings. The van der Waals surface area contributed by atoms with Gasteiger partial charge in [0.15, 0.2) is 0 Å². The van der Waals surface area contributed by atoms with Gasteiger partial charge < -0.3 is 5.32 Å². The van der Waals surface area contributed by atoms with Crippen molar-refractivity contribution in [3.8, 4) is 0 Å². The molecule has 2 rings (SSSR count). The second-order valence-electron chi connectivity index (χ2n) is 4.60. The minimum Gasteiger partial charge on any atom is -0.347 e. The van der Waals surface area contributed by atoms with Gasteiger partial charge in [-0.3, -0.25) is 4.79 Å². The number of rotatable bonds is 5. The Hall–Kier alpha value is -1.31. The van der Waals surface area contributed by atoms with Gasteiger partial charge >= 0.3 is 0 Å². The van der Waals surface area contributed by atoms with Crippen molar-refractivity contribution in [1.29, 1.82) is 0 Å². The van der Waals surface area contributed by atoms with Gasteiger partial charge in [0.1, 0.15) is 0 Å². The van der Waals surface area contributed by atoms with Crippen LogP contribution in [0.25, 0.3) is 0 Å². The summed E-state index contributed by atoms with van der Waals surface area (Å²) in [5.41, 5.74) is 1.21. The number of carbonyl (C=O) groups excluding carboxylic acids is 1. The Labute approximate surface area is 97.1 Å². The summed E-state index contributed by atoms with van der Waals surface area (Å²) in [6.07, 6.45) is 4.87. The lowest BCUT2D eigenvalue weighted by Gasteiger charge is -2.17. The monoisotopic (exact) mass is 217 g/mol. The Balaban J connectivity index is 1.97. The fourth-order valence-electron chi connectivity index (χ4n) is 2.03. The maximum absolute atomic E-state index is 11.7. The third-order valence-electron chi connectivity index (χ3n) is 3.21. The van der Waals surface area contributed by atoms with Gasteiger partial charge in [-0.05, 0) is 24.8 Å². The van der Waals surface area contributed by atoms with Gasteiger partial charge in [-0.15, -0.1) is 0 Å². The van der Waals surface area contributed by atoms with Gasteiger partial charge in [-0.25, -0.2) is 0 Å². The Morgan fingerprint density at radius 2 is 2.00 bits per heavy atom. The molecule has 0 heterocycles. The smallest absolute Gasteiger partial charge is 0.220 e. The molecule has 1 aliphatic rings. The zero-order valence-corrected chi connectivity index (χ0v) is 9.83. The van der Waals surface area contributed by atoms with E-state index in [4.69, 9.17) is 0 Å². The largest absolute Gasteiger partial charge is 0.347 e. The fourth-order valence-corrected chi connectivity index (χ4v) is 2.03. The summed E-state index contributed by atoms with van der Waals surface area (Å²) in [6, 6.07) is 10.3. The van der Waals surface area contributed by atoms with Crippen LogP contribution in [0.2, 0.25) is 0 Å². The highest BCUT2D eigenvalue weighted by molar-refractivity contribution is 5.77. The van der Waals surface area contributed by atoms with Crippen LogP contribution in [0.4, 0.5) is 0 Å². The molecule has 0 radical (unpaired) electrons. The molecule has 0 bridgehead atoms. The highest BCUT2D eigenvalue weighted by atomic mass is 16.1. The van der Waals surface area contributed by atoms with Crippen LogP contribution in [-0.2, 0) is 10.3 Å². The number of nitrogens with one attached hydrogen (secondary N) is 1. The summed E-state index contributed by atoms with van der Waals surface area (Å²) in [5.74, 6) is 0.197. The quantitative estimate of drug-likeness (QED) is 0.807. The third kappa shape index (κ3) is 2.43.